The van der Waals surface area contributed by atoms with Gasteiger partial charge in [-0.2, -0.15) is 0 Å². The van der Waals surface area contributed by atoms with Crippen LogP contribution in [0.25, 0.3) is 0 Å². The molecule has 6 nitrogen and oxygen atoms in total. The predicted molar refractivity (Wildman–Crippen MR) is 96.7 cm³/mol. The van der Waals surface area contributed by atoms with Crippen LogP contribution in [-0.2, 0) is 16.4 Å². The van der Waals surface area contributed by atoms with Crippen LogP contribution in [0, 0.1) is 0 Å². The number of nitrogens with zero attached hydrogens (tertiary/aromatic N) is 2. The molecule has 7 heteroatoms. The number of rotatable bonds is 9. The smallest absolute Gasteiger partial charge is 0.263 e. The van der Waals surface area contributed by atoms with Crippen LogP contribution < -0.4 is 10.0 Å². The maximum absolute atomic E-state index is 12.3. The minimum absolute atomic E-state index is 0.202. The van der Waals surface area contributed by atoms with Gasteiger partial charge in [0.25, 0.3) is 10.0 Å². The third-order valence-corrected chi connectivity index (χ3v) is 5.00. The third-order valence-electron chi connectivity index (χ3n) is 3.63. The average Bonchev–Trinajstić information content (AvgIpc) is 2.60. The Morgan fingerprint density at radius 3 is 2.17 bits per heavy atom. The SMILES string of the molecule is CCCCCNc1ccc(NS(=O)(=O)c2ccc(CC)cc2)nn1. The standard InChI is InChI=1S/C17H24N4O2S/c1-3-5-6-13-18-16-11-12-17(20-19-16)21-24(22,23)15-9-7-14(4-2)8-10-15/h7-12H,3-6,13H2,1-2H3,(H,18,19)(H,20,21). The van der Waals surface area contributed by atoms with E-state index in [9.17, 15) is 8.42 Å². The molecule has 0 aliphatic rings. The number of aryl methyl sites for hydroxylation is 1. The van der Waals surface area contributed by atoms with Gasteiger partial charge in [-0.25, -0.2) is 8.42 Å². The number of nitrogens with one attached hydrogen (secondary N) is 2. The predicted octanol–water partition coefficient (Wildman–Crippen LogP) is 3.44. The molecule has 0 amide bonds. The molecule has 1 heterocycles. The number of benzene rings is 1. The lowest BCUT2D eigenvalue weighted by atomic mass is 10.2. The van der Waals surface area contributed by atoms with Crippen molar-refractivity contribution in [2.24, 2.45) is 0 Å². The zero-order valence-electron chi connectivity index (χ0n) is 14.1. The summed E-state index contributed by atoms with van der Waals surface area (Å²) in [6.45, 7) is 5.00. The van der Waals surface area contributed by atoms with E-state index in [2.05, 4.69) is 27.2 Å². The van der Waals surface area contributed by atoms with Crippen molar-refractivity contribution < 1.29 is 8.42 Å². The summed E-state index contributed by atoms with van der Waals surface area (Å²) in [5.74, 6) is 0.843. The lowest BCUT2D eigenvalue weighted by molar-refractivity contribution is 0.601. The summed E-state index contributed by atoms with van der Waals surface area (Å²) in [5, 5.41) is 11.1. The van der Waals surface area contributed by atoms with E-state index in [1.807, 2.05) is 19.1 Å². The average molecular weight is 348 g/mol. The summed E-state index contributed by atoms with van der Waals surface area (Å²) in [6, 6.07) is 10.1. The normalized spacial score (nSPS) is 11.2. The van der Waals surface area contributed by atoms with Gasteiger partial charge in [-0.3, -0.25) is 4.72 Å². The van der Waals surface area contributed by atoms with E-state index in [1.54, 1.807) is 24.3 Å². The Balaban J connectivity index is 1.98. The summed E-state index contributed by atoms with van der Waals surface area (Å²) >= 11 is 0. The Hall–Kier alpha value is -2.15. The van der Waals surface area contributed by atoms with Crippen LogP contribution in [0.1, 0.15) is 38.7 Å². The highest BCUT2D eigenvalue weighted by molar-refractivity contribution is 7.92. The first-order chi connectivity index (χ1) is 11.5. The lowest BCUT2D eigenvalue weighted by Gasteiger charge is -2.08. The molecule has 0 radical (unpaired) electrons. The second-order valence-corrected chi connectivity index (χ2v) is 7.22. The van der Waals surface area contributed by atoms with Crippen molar-refractivity contribution in [3.63, 3.8) is 0 Å². The van der Waals surface area contributed by atoms with E-state index in [4.69, 9.17) is 0 Å². The molecule has 130 valence electrons. The molecule has 0 aliphatic heterocycles. The fourth-order valence-electron chi connectivity index (χ4n) is 2.17. The van der Waals surface area contributed by atoms with E-state index in [1.165, 1.54) is 0 Å². The van der Waals surface area contributed by atoms with E-state index in [0.717, 1.165) is 37.8 Å². The molecule has 0 atom stereocenters. The first-order valence-electron chi connectivity index (χ1n) is 8.24. The molecular weight excluding hydrogens is 324 g/mol. The quantitative estimate of drug-likeness (QED) is 0.678. The number of hydrogen-bond donors (Lipinski definition) is 2. The number of anilines is 2. The molecule has 2 N–H and O–H groups in total. The summed E-state index contributed by atoms with van der Waals surface area (Å²) in [6.07, 6.45) is 4.26. The Morgan fingerprint density at radius 1 is 0.917 bits per heavy atom. The molecular formula is C17H24N4O2S. The molecule has 24 heavy (non-hydrogen) atoms. The first-order valence-corrected chi connectivity index (χ1v) is 9.73. The summed E-state index contributed by atoms with van der Waals surface area (Å²) < 4.78 is 27.1. The zero-order valence-corrected chi connectivity index (χ0v) is 14.9. The van der Waals surface area contributed by atoms with Gasteiger partial charge >= 0.3 is 0 Å². The molecule has 0 spiro atoms. The van der Waals surface area contributed by atoms with Crippen LogP contribution in [0.5, 0.6) is 0 Å². The van der Waals surface area contributed by atoms with Crippen molar-refractivity contribution in [3.05, 3.63) is 42.0 Å². The van der Waals surface area contributed by atoms with Crippen molar-refractivity contribution in [2.75, 3.05) is 16.6 Å². The lowest BCUT2D eigenvalue weighted by Crippen LogP contribution is -2.14. The monoisotopic (exact) mass is 348 g/mol. The molecule has 0 unspecified atom stereocenters. The van der Waals surface area contributed by atoms with Crippen LogP contribution in [0.2, 0.25) is 0 Å². The molecule has 2 aromatic rings. The third kappa shape index (κ3) is 5.19. The van der Waals surface area contributed by atoms with Gasteiger partial charge in [0.15, 0.2) is 5.82 Å². The molecule has 0 aliphatic carbocycles. The summed E-state index contributed by atoms with van der Waals surface area (Å²) in [4.78, 5) is 0.211. The highest BCUT2D eigenvalue weighted by Gasteiger charge is 2.14. The number of aromatic nitrogens is 2. The first kappa shape index (κ1) is 18.2. The highest BCUT2D eigenvalue weighted by atomic mass is 32.2. The van der Waals surface area contributed by atoms with Gasteiger partial charge in [-0.15, -0.1) is 10.2 Å². The van der Waals surface area contributed by atoms with Gasteiger partial charge in [0.2, 0.25) is 0 Å². The number of sulfonamides is 1. The van der Waals surface area contributed by atoms with Crippen molar-refractivity contribution in [1.82, 2.24) is 10.2 Å². The molecule has 0 saturated carbocycles. The molecule has 0 fully saturated rings. The molecule has 2 rings (SSSR count). The Kier molecular flexibility index (Phi) is 6.54. The highest BCUT2D eigenvalue weighted by Crippen LogP contribution is 2.15. The maximum atomic E-state index is 12.3. The maximum Gasteiger partial charge on any atom is 0.263 e. The second kappa shape index (κ2) is 8.63. The van der Waals surface area contributed by atoms with Crippen molar-refractivity contribution in [3.8, 4) is 0 Å². The van der Waals surface area contributed by atoms with Crippen LogP contribution in [0.4, 0.5) is 11.6 Å². The Labute approximate surface area is 143 Å². The van der Waals surface area contributed by atoms with Gasteiger partial charge in [0, 0.05) is 6.54 Å². The van der Waals surface area contributed by atoms with E-state index >= 15 is 0 Å². The van der Waals surface area contributed by atoms with Crippen LogP contribution in [-0.4, -0.2) is 25.2 Å². The van der Waals surface area contributed by atoms with Gasteiger partial charge in [0.05, 0.1) is 4.90 Å². The Bertz CT molecular complexity index is 728. The fourth-order valence-corrected chi connectivity index (χ4v) is 3.17. The molecule has 1 aromatic carbocycles. The van der Waals surface area contributed by atoms with E-state index in [-0.39, 0.29) is 10.7 Å². The largest absolute Gasteiger partial charge is 0.369 e. The van der Waals surface area contributed by atoms with Crippen molar-refractivity contribution in [1.29, 1.82) is 0 Å². The topological polar surface area (TPSA) is 84.0 Å². The minimum atomic E-state index is -3.65. The van der Waals surface area contributed by atoms with Crippen LogP contribution in [0.3, 0.4) is 0 Å². The van der Waals surface area contributed by atoms with Crippen LogP contribution in [0.15, 0.2) is 41.3 Å². The van der Waals surface area contributed by atoms with Crippen molar-refractivity contribution in [2.45, 2.75) is 44.4 Å². The van der Waals surface area contributed by atoms with Gasteiger partial charge in [-0.05, 0) is 42.7 Å². The van der Waals surface area contributed by atoms with Gasteiger partial charge in [0.1, 0.15) is 5.82 Å². The van der Waals surface area contributed by atoms with Gasteiger partial charge in [-0.1, -0.05) is 38.8 Å². The summed E-state index contributed by atoms with van der Waals surface area (Å²) in [7, 11) is -3.65. The van der Waals surface area contributed by atoms with Crippen LogP contribution >= 0.6 is 0 Å². The van der Waals surface area contributed by atoms with Crippen molar-refractivity contribution >= 4 is 21.7 Å². The minimum Gasteiger partial charge on any atom is -0.369 e. The second-order valence-electron chi connectivity index (χ2n) is 5.54. The Morgan fingerprint density at radius 2 is 1.58 bits per heavy atom. The van der Waals surface area contributed by atoms with E-state index < -0.39 is 10.0 Å². The fraction of sp³-hybridized carbons (Fsp3) is 0.412. The molecule has 0 bridgehead atoms. The molecule has 1 aromatic heterocycles. The zero-order chi connectivity index (χ0) is 17.4. The number of hydrogen-bond acceptors (Lipinski definition) is 5. The number of unbranched alkanes of at least 4 members (excludes halogenated alkanes) is 2. The molecule has 0 saturated heterocycles. The summed E-state index contributed by atoms with van der Waals surface area (Å²) in [5.41, 5.74) is 1.09. The van der Waals surface area contributed by atoms with E-state index in [0.29, 0.717) is 5.82 Å². The van der Waals surface area contributed by atoms with Gasteiger partial charge < -0.3 is 5.32 Å².